The Kier molecular flexibility index (Phi) is 6.29. The molecule has 2 N–H and O–H groups in total. The highest BCUT2D eigenvalue weighted by Crippen LogP contribution is 2.32. The average molecular weight is 420 g/mol. The number of hydrogen-bond donors (Lipinski definition) is 2. The van der Waals surface area contributed by atoms with Crippen molar-refractivity contribution in [3.63, 3.8) is 0 Å². The zero-order valence-corrected chi connectivity index (χ0v) is 16.9. The van der Waals surface area contributed by atoms with Gasteiger partial charge in [-0.2, -0.15) is 0 Å². The molecular weight excluding hydrogens is 401 g/mol. The number of nitrogens with one attached hydrogen (secondary N) is 1. The Morgan fingerprint density at radius 3 is 2.43 bits per heavy atom. The van der Waals surface area contributed by atoms with E-state index in [0.717, 1.165) is 11.1 Å². The van der Waals surface area contributed by atoms with E-state index in [9.17, 15) is 4.79 Å². The number of rotatable bonds is 6. The number of furan rings is 1. The van der Waals surface area contributed by atoms with Crippen molar-refractivity contribution >= 4 is 34.8 Å². The second kappa shape index (κ2) is 8.69. The van der Waals surface area contributed by atoms with Crippen molar-refractivity contribution in [3.8, 4) is 17.1 Å². The van der Waals surface area contributed by atoms with Crippen molar-refractivity contribution < 1.29 is 19.1 Å². The topological polar surface area (TPSA) is 71.7 Å². The number of ether oxygens (including phenoxy) is 1. The van der Waals surface area contributed by atoms with Gasteiger partial charge in [-0.25, -0.2) is 0 Å². The maximum Gasteiger partial charge on any atom is 0.262 e. The SMILES string of the molecule is Cc1cc(OCC(=O)Nc2ccc(-c3ccc(CO)o3)c(Cl)c2)cc(C)c1Cl. The predicted octanol–water partition coefficient (Wildman–Crippen LogP) is 5.38. The van der Waals surface area contributed by atoms with Crippen LogP contribution in [-0.4, -0.2) is 17.6 Å². The van der Waals surface area contributed by atoms with E-state index >= 15 is 0 Å². The van der Waals surface area contributed by atoms with Gasteiger partial charge < -0.3 is 19.6 Å². The van der Waals surface area contributed by atoms with E-state index in [1.165, 1.54) is 0 Å². The lowest BCUT2D eigenvalue weighted by molar-refractivity contribution is -0.118. The predicted molar refractivity (Wildman–Crippen MR) is 110 cm³/mol. The highest BCUT2D eigenvalue weighted by molar-refractivity contribution is 6.33. The van der Waals surface area contributed by atoms with Crippen LogP contribution in [-0.2, 0) is 11.4 Å². The summed E-state index contributed by atoms with van der Waals surface area (Å²) in [6.45, 7) is 3.44. The highest BCUT2D eigenvalue weighted by atomic mass is 35.5. The molecule has 1 aromatic heterocycles. The van der Waals surface area contributed by atoms with Crippen molar-refractivity contribution in [1.82, 2.24) is 0 Å². The van der Waals surface area contributed by atoms with E-state index in [-0.39, 0.29) is 19.1 Å². The summed E-state index contributed by atoms with van der Waals surface area (Å²) in [6, 6.07) is 12.1. The van der Waals surface area contributed by atoms with Crippen molar-refractivity contribution in [2.24, 2.45) is 0 Å². The number of carbonyl (C=O) groups excluding carboxylic acids is 1. The number of aryl methyl sites for hydroxylation is 2. The first-order valence-electron chi connectivity index (χ1n) is 8.56. The van der Waals surface area contributed by atoms with Crippen LogP contribution in [0.5, 0.6) is 5.75 Å². The molecule has 0 radical (unpaired) electrons. The summed E-state index contributed by atoms with van der Waals surface area (Å²) < 4.78 is 11.0. The minimum absolute atomic E-state index is 0.141. The summed E-state index contributed by atoms with van der Waals surface area (Å²) in [6.07, 6.45) is 0. The number of benzene rings is 2. The molecule has 0 aliphatic rings. The molecule has 5 nitrogen and oxygen atoms in total. The molecule has 28 heavy (non-hydrogen) atoms. The largest absolute Gasteiger partial charge is 0.484 e. The van der Waals surface area contributed by atoms with Gasteiger partial charge in [0.25, 0.3) is 5.91 Å². The van der Waals surface area contributed by atoms with Crippen LogP contribution < -0.4 is 10.1 Å². The Morgan fingerprint density at radius 2 is 1.82 bits per heavy atom. The molecule has 0 atom stereocenters. The Labute approximate surface area is 172 Å². The Bertz CT molecular complexity index is 990. The van der Waals surface area contributed by atoms with Crippen LogP contribution in [0, 0.1) is 13.8 Å². The smallest absolute Gasteiger partial charge is 0.262 e. The normalized spacial score (nSPS) is 10.8. The summed E-state index contributed by atoms with van der Waals surface area (Å²) in [4.78, 5) is 12.2. The van der Waals surface area contributed by atoms with Crippen LogP contribution in [0.2, 0.25) is 10.0 Å². The van der Waals surface area contributed by atoms with Gasteiger partial charge in [-0.05, 0) is 67.4 Å². The van der Waals surface area contributed by atoms with E-state index in [4.69, 9.17) is 37.5 Å². The number of halogens is 2. The number of amides is 1. The first-order chi connectivity index (χ1) is 13.4. The molecule has 1 heterocycles. The van der Waals surface area contributed by atoms with Crippen LogP contribution in [0.4, 0.5) is 5.69 Å². The first-order valence-corrected chi connectivity index (χ1v) is 9.32. The van der Waals surface area contributed by atoms with Gasteiger partial charge in [-0.3, -0.25) is 4.79 Å². The van der Waals surface area contributed by atoms with Crippen LogP contribution in [0.25, 0.3) is 11.3 Å². The Morgan fingerprint density at radius 1 is 1.11 bits per heavy atom. The van der Waals surface area contributed by atoms with Gasteiger partial charge in [-0.15, -0.1) is 0 Å². The average Bonchev–Trinajstić information content (AvgIpc) is 3.13. The minimum Gasteiger partial charge on any atom is -0.484 e. The molecule has 0 aliphatic carbocycles. The molecule has 3 aromatic rings. The van der Waals surface area contributed by atoms with Crippen LogP contribution in [0.15, 0.2) is 46.9 Å². The molecule has 0 fully saturated rings. The van der Waals surface area contributed by atoms with Gasteiger partial charge in [0.05, 0.1) is 5.02 Å². The van der Waals surface area contributed by atoms with E-state index in [1.807, 2.05) is 13.8 Å². The van der Waals surface area contributed by atoms with E-state index < -0.39 is 0 Å². The van der Waals surface area contributed by atoms with Gasteiger partial charge in [-0.1, -0.05) is 23.2 Å². The van der Waals surface area contributed by atoms with Gasteiger partial charge in [0.1, 0.15) is 23.9 Å². The maximum absolute atomic E-state index is 12.2. The Balaban J connectivity index is 1.63. The molecular formula is C21H19Cl2NO4. The molecule has 7 heteroatoms. The fourth-order valence-electron chi connectivity index (χ4n) is 2.74. The van der Waals surface area contributed by atoms with E-state index in [2.05, 4.69) is 5.32 Å². The van der Waals surface area contributed by atoms with E-state index in [0.29, 0.717) is 38.6 Å². The molecule has 146 valence electrons. The van der Waals surface area contributed by atoms with Gasteiger partial charge >= 0.3 is 0 Å². The minimum atomic E-state index is -0.311. The van der Waals surface area contributed by atoms with Crippen LogP contribution >= 0.6 is 23.2 Å². The standard InChI is InChI=1S/C21H19Cl2NO4/c1-12-7-16(8-13(2)21(12)23)27-11-20(26)24-14-3-5-17(18(22)9-14)19-6-4-15(10-25)28-19/h3-9,25H,10-11H2,1-2H3,(H,24,26). The van der Waals surface area contributed by atoms with Crippen LogP contribution in [0.1, 0.15) is 16.9 Å². The number of hydrogen-bond acceptors (Lipinski definition) is 4. The van der Waals surface area contributed by atoms with Gasteiger partial charge in [0, 0.05) is 16.3 Å². The number of aliphatic hydroxyl groups is 1. The molecule has 0 saturated heterocycles. The third-order valence-electron chi connectivity index (χ3n) is 4.12. The zero-order valence-electron chi connectivity index (χ0n) is 15.4. The summed E-state index contributed by atoms with van der Waals surface area (Å²) in [5, 5.41) is 12.9. The first kappa shape index (κ1) is 20.3. The molecule has 0 saturated carbocycles. The molecule has 2 aromatic carbocycles. The van der Waals surface area contributed by atoms with Crippen LogP contribution in [0.3, 0.4) is 0 Å². The fourth-order valence-corrected chi connectivity index (χ4v) is 3.12. The quantitative estimate of drug-likeness (QED) is 0.562. The number of aliphatic hydroxyl groups excluding tert-OH is 1. The van der Waals surface area contributed by atoms with Gasteiger partial charge in [0.2, 0.25) is 0 Å². The molecule has 0 bridgehead atoms. The lowest BCUT2D eigenvalue weighted by Gasteiger charge is -2.11. The highest BCUT2D eigenvalue weighted by Gasteiger charge is 2.11. The van der Waals surface area contributed by atoms with Gasteiger partial charge in [0.15, 0.2) is 6.61 Å². The number of anilines is 1. The molecule has 0 unspecified atom stereocenters. The van der Waals surface area contributed by atoms with Crippen molar-refractivity contribution in [3.05, 3.63) is 69.4 Å². The number of carbonyl (C=O) groups is 1. The second-order valence-electron chi connectivity index (χ2n) is 6.33. The third kappa shape index (κ3) is 4.68. The lowest BCUT2D eigenvalue weighted by atomic mass is 10.1. The zero-order chi connectivity index (χ0) is 20.3. The molecule has 0 spiro atoms. The third-order valence-corrected chi connectivity index (χ3v) is 5.02. The summed E-state index contributed by atoms with van der Waals surface area (Å²) in [5.41, 5.74) is 2.99. The summed E-state index contributed by atoms with van der Waals surface area (Å²) in [7, 11) is 0. The summed E-state index contributed by atoms with van der Waals surface area (Å²) in [5.74, 6) is 1.27. The Hall–Kier alpha value is -2.47. The molecule has 0 aliphatic heterocycles. The fraction of sp³-hybridized carbons (Fsp3) is 0.190. The van der Waals surface area contributed by atoms with E-state index in [1.54, 1.807) is 42.5 Å². The maximum atomic E-state index is 12.2. The van der Waals surface area contributed by atoms with Crippen molar-refractivity contribution in [2.45, 2.75) is 20.5 Å². The second-order valence-corrected chi connectivity index (χ2v) is 7.11. The monoisotopic (exact) mass is 419 g/mol. The van der Waals surface area contributed by atoms with Crippen molar-refractivity contribution in [1.29, 1.82) is 0 Å². The molecule has 3 rings (SSSR count). The summed E-state index contributed by atoms with van der Waals surface area (Å²) >= 11 is 12.4. The molecule has 1 amide bonds. The van der Waals surface area contributed by atoms with Crippen molar-refractivity contribution in [2.75, 3.05) is 11.9 Å². The lowest BCUT2D eigenvalue weighted by Crippen LogP contribution is -2.20.